The molecule has 0 aromatic carbocycles. The lowest BCUT2D eigenvalue weighted by atomic mass is 9.94. The molecule has 0 spiro atoms. The summed E-state index contributed by atoms with van der Waals surface area (Å²) >= 11 is 0. The standard InChI is InChI=1S/C12H21NO2/c1-15-12(14)11-8-5-9-13(11)10-6-3-2-4-7-10/h10-11H,2-9H2,1H3/t11-/m1/s1. The summed E-state index contributed by atoms with van der Waals surface area (Å²) in [4.78, 5) is 14.0. The van der Waals surface area contributed by atoms with Crippen LogP contribution in [0.15, 0.2) is 0 Å². The van der Waals surface area contributed by atoms with Crippen molar-refractivity contribution >= 4 is 5.97 Å². The Morgan fingerprint density at radius 3 is 2.53 bits per heavy atom. The minimum absolute atomic E-state index is 0.0296. The van der Waals surface area contributed by atoms with Gasteiger partial charge in [0.1, 0.15) is 6.04 Å². The first kappa shape index (κ1) is 10.9. The van der Waals surface area contributed by atoms with E-state index in [4.69, 9.17) is 4.74 Å². The van der Waals surface area contributed by atoms with Gasteiger partial charge in [-0.25, -0.2) is 0 Å². The number of carbonyl (C=O) groups excluding carboxylic acids is 1. The second-order valence-electron chi connectivity index (χ2n) is 4.71. The van der Waals surface area contributed by atoms with Crippen molar-refractivity contribution in [2.45, 2.75) is 57.0 Å². The molecule has 0 amide bonds. The van der Waals surface area contributed by atoms with Crippen molar-refractivity contribution in [1.29, 1.82) is 0 Å². The Balaban J connectivity index is 1.97. The van der Waals surface area contributed by atoms with Crippen LogP contribution in [0, 0.1) is 0 Å². The zero-order chi connectivity index (χ0) is 10.7. The maximum absolute atomic E-state index is 11.6. The van der Waals surface area contributed by atoms with Gasteiger partial charge in [-0.2, -0.15) is 0 Å². The van der Waals surface area contributed by atoms with Gasteiger partial charge >= 0.3 is 5.97 Å². The molecule has 0 bridgehead atoms. The predicted molar refractivity (Wildman–Crippen MR) is 58.6 cm³/mol. The van der Waals surface area contributed by atoms with Crippen molar-refractivity contribution in [3.63, 3.8) is 0 Å². The first-order valence-corrected chi connectivity index (χ1v) is 6.16. The third-order valence-corrected chi connectivity index (χ3v) is 3.81. The van der Waals surface area contributed by atoms with Crippen LogP contribution in [0.25, 0.3) is 0 Å². The molecule has 15 heavy (non-hydrogen) atoms. The number of hydrogen-bond acceptors (Lipinski definition) is 3. The predicted octanol–water partition coefficient (Wildman–Crippen LogP) is 1.96. The smallest absolute Gasteiger partial charge is 0.323 e. The number of esters is 1. The van der Waals surface area contributed by atoms with Crippen LogP contribution in [0.2, 0.25) is 0 Å². The molecular weight excluding hydrogens is 190 g/mol. The normalized spacial score (nSPS) is 29.3. The van der Waals surface area contributed by atoms with Crippen LogP contribution in [0.1, 0.15) is 44.9 Å². The number of rotatable bonds is 2. The quantitative estimate of drug-likeness (QED) is 0.654. The van der Waals surface area contributed by atoms with Gasteiger partial charge in [0, 0.05) is 6.04 Å². The van der Waals surface area contributed by atoms with Crippen LogP contribution in [-0.2, 0) is 9.53 Å². The number of hydrogen-bond donors (Lipinski definition) is 0. The van der Waals surface area contributed by atoms with E-state index in [2.05, 4.69) is 4.90 Å². The van der Waals surface area contributed by atoms with Gasteiger partial charge in [-0.05, 0) is 32.2 Å². The molecule has 1 saturated carbocycles. The minimum Gasteiger partial charge on any atom is -0.468 e. The fourth-order valence-corrected chi connectivity index (χ4v) is 3.03. The van der Waals surface area contributed by atoms with E-state index < -0.39 is 0 Å². The van der Waals surface area contributed by atoms with Gasteiger partial charge < -0.3 is 4.74 Å². The molecule has 0 aromatic rings. The van der Waals surface area contributed by atoms with E-state index in [1.54, 1.807) is 0 Å². The Bertz CT molecular complexity index is 224. The van der Waals surface area contributed by atoms with Crippen molar-refractivity contribution < 1.29 is 9.53 Å². The SMILES string of the molecule is COC(=O)[C@H]1CCCN1C1CCCCC1. The summed E-state index contributed by atoms with van der Waals surface area (Å²) in [6.45, 7) is 1.09. The molecule has 1 aliphatic heterocycles. The van der Waals surface area contributed by atoms with E-state index in [-0.39, 0.29) is 12.0 Å². The van der Waals surface area contributed by atoms with Gasteiger partial charge in [0.25, 0.3) is 0 Å². The Kier molecular flexibility index (Phi) is 3.62. The third kappa shape index (κ3) is 2.33. The molecule has 2 aliphatic rings. The topological polar surface area (TPSA) is 29.5 Å². The molecule has 3 nitrogen and oxygen atoms in total. The first-order valence-electron chi connectivity index (χ1n) is 6.16. The summed E-state index contributed by atoms with van der Waals surface area (Å²) < 4.78 is 4.87. The highest BCUT2D eigenvalue weighted by molar-refractivity contribution is 5.76. The largest absolute Gasteiger partial charge is 0.468 e. The van der Waals surface area contributed by atoms with E-state index >= 15 is 0 Å². The van der Waals surface area contributed by atoms with Crippen molar-refractivity contribution in [3.05, 3.63) is 0 Å². The highest BCUT2D eigenvalue weighted by Crippen LogP contribution is 2.29. The number of carbonyl (C=O) groups is 1. The Morgan fingerprint density at radius 1 is 1.13 bits per heavy atom. The molecule has 3 heteroatoms. The monoisotopic (exact) mass is 211 g/mol. The number of likely N-dealkylation sites (tertiary alicyclic amines) is 1. The second-order valence-corrected chi connectivity index (χ2v) is 4.71. The van der Waals surface area contributed by atoms with Crippen LogP contribution in [0.3, 0.4) is 0 Å². The molecule has 2 fully saturated rings. The summed E-state index contributed by atoms with van der Waals surface area (Å²) in [5.41, 5.74) is 0. The maximum Gasteiger partial charge on any atom is 0.323 e. The summed E-state index contributed by atoms with van der Waals surface area (Å²) in [7, 11) is 1.50. The van der Waals surface area contributed by atoms with Crippen molar-refractivity contribution in [1.82, 2.24) is 4.90 Å². The zero-order valence-electron chi connectivity index (χ0n) is 9.58. The van der Waals surface area contributed by atoms with E-state index in [9.17, 15) is 4.79 Å². The van der Waals surface area contributed by atoms with E-state index in [0.717, 1.165) is 19.4 Å². The Labute approximate surface area is 91.8 Å². The Morgan fingerprint density at radius 2 is 1.87 bits per heavy atom. The van der Waals surface area contributed by atoms with Crippen LogP contribution in [0.5, 0.6) is 0 Å². The van der Waals surface area contributed by atoms with Crippen molar-refractivity contribution in [2.24, 2.45) is 0 Å². The lowest BCUT2D eigenvalue weighted by Gasteiger charge is -2.34. The van der Waals surface area contributed by atoms with E-state index in [0.29, 0.717) is 6.04 Å². The fourth-order valence-electron chi connectivity index (χ4n) is 3.03. The van der Waals surface area contributed by atoms with Gasteiger partial charge in [0.05, 0.1) is 7.11 Å². The van der Waals surface area contributed by atoms with Gasteiger partial charge in [-0.1, -0.05) is 19.3 Å². The maximum atomic E-state index is 11.6. The average molecular weight is 211 g/mol. The summed E-state index contributed by atoms with van der Waals surface area (Å²) in [6, 6.07) is 0.698. The molecule has 1 aliphatic carbocycles. The summed E-state index contributed by atoms with van der Waals surface area (Å²) in [5, 5.41) is 0. The van der Waals surface area contributed by atoms with E-state index in [1.165, 1.54) is 39.2 Å². The molecular formula is C12H21NO2. The molecule has 2 rings (SSSR count). The summed E-state index contributed by atoms with van der Waals surface area (Å²) in [6.07, 6.45) is 8.71. The number of methoxy groups -OCH3 is 1. The molecule has 86 valence electrons. The molecule has 1 atom stereocenters. The lowest BCUT2D eigenvalue weighted by molar-refractivity contribution is -0.146. The highest BCUT2D eigenvalue weighted by atomic mass is 16.5. The number of ether oxygens (including phenoxy) is 1. The van der Waals surface area contributed by atoms with Gasteiger partial charge in [0.15, 0.2) is 0 Å². The zero-order valence-corrected chi connectivity index (χ0v) is 9.58. The van der Waals surface area contributed by atoms with Crippen LogP contribution < -0.4 is 0 Å². The summed E-state index contributed by atoms with van der Waals surface area (Å²) in [5.74, 6) is -0.0296. The molecule has 0 radical (unpaired) electrons. The van der Waals surface area contributed by atoms with Gasteiger partial charge in [-0.15, -0.1) is 0 Å². The van der Waals surface area contributed by atoms with Crippen LogP contribution in [-0.4, -0.2) is 36.6 Å². The van der Waals surface area contributed by atoms with Gasteiger partial charge in [0.2, 0.25) is 0 Å². The van der Waals surface area contributed by atoms with Crippen LogP contribution >= 0.6 is 0 Å². The molecule has 1 saturated heterocycles. The Hall–Kier alpha value is -0.570. The van der Waals surface area contributed by atoms with Crippen molar-refractivity contribution in [3.8, 4) is 0 Å². The molecule has 0 unspecified atom stereocenters. The third-order valence-electron chi connectivity index (χ3n) is 3.81. The average Bonchev–Trinajstić information content (AvgIpc) is 2.78. The minimum atomic E-state index is -0.0296. The van der Waals surface area contributed by atoms with Crippen molar-refractivity contribution in [2.75, 3.05) is 13.7 Å². The number of nitrogens with zero attached hydrogens (tertiary/aromatic N) is 1. The highest BCUT2D eigenvalue weighted by Gasteiger charge is 2.36. The molecule has 0 aromatic heterocycles. The lowest BCUT2D eigenvalue weighted by Crippen LogP contribution is -2.44. The molecule has 0 N–H and O–H groups in total. The second kappa shape index (κ2) is 4.97. The van der Waals surface area contributed by atoms with Crippen LogP contribution in [0.4, 0.5) is 0 Å². The first-order chi connectivity index (χ1) is 7.33. The molecule has 1 heterocycles. The van der Waals surface area contributed by atoms with E-state index in [1.807, 2.05) is 0 Å². The fraction of sp³-hybridized carbons (Fsp3) is 0.917. The van der Waals surface area contributed by atoms with Gasteiger partial charge in [-0.3, -0.25) is 9.69 Å².